The second-order valence-corrected chi connectivity index (χ2v) is 7.68. The Kier molecular flexibility index (Phi) is 7.28. The average Bonchev–Trinajstić information content (AvgIpc) is 3.06. The van der Waals surface area contributed by atoms with E-state index in [4.69, 9.17) is 16.3 Å². The molecule has 0 radical (unpaired) electrons. The van der Waals surface area contributed by atoms with E-state index in [1.807, 2.05) is 48.7 Å². The van der Waals surface area contributed by atoms with Crippen molar-refractivity contribution in [3.8, 4) is 5.69 Å². The monoisotopic (exact) mass is 450 g/mol. The van der Waals surface area contributed by atoms with Crippen molar-refractivity contribution < 1.29 is 19.1 Å². The molecule has 3 rings (SSSR count). The van der Waals surface area contributed by atoms with Crippen LogP contribution in [0, 0.1) is 13.8 Å². The summed E-state index contributed by atoms with van der Waals surface area (Å²) in [7, 11) is 0. The number of rotatable bonds is 7. The van der Waals surface area contributed by atoms with E-state index in [-0.39, 0.29) is 11.5 Å². The van der Waals surface area contributed by atoms with E-state index in [9.17, 15) is 14.4 Å². The zero-order chi connectivity index (χ0) is 23.3. The van der Waals surface area contributed by atoms with Crippen molar-refractivity contribution in [3.05, 3.63) is 93.9 Å². The summed E-state index contributed by atoms with van der Waals surface area (Å²) >= 11 is 5.97. The Hall–Kier alpha value is -3.64. The number of halogens is 1. The zero-order valence-electron chi connectivity index (χ0n) is 18.0. The fourth-order valence-corrected chi connectivity index (χ4v) is 3.50. The number of amides is 1. The number of nitrogens with zero attached hydrogens (tertiary/aromatic N) is 1. The van der Waals surface area contributed by atoms with Crippen LogP contribution in [-0.2, 0) is 14.3 Å². The van der Waals surface area contributed by atoms with Crippen LogP contribution in [0.15, 0.2) is 66.4 Å². The van der Waals surface area contributed by atoms with Gasteiger partial charge >= 0.3 is 5.97 Å². The number of Topliss-reactive ketones (excluding diaryl/α,β-unsaturated/α-hetero) is 1. The Bertz CT molecular complexity index is 1180. The fraction of sp³-hybridized carbons (Fsp3) is 0.160. The van der Waals surface area contributed by atoms with Crippen molar-refractivity contribution in [2.75, 3.05) is 6.61 Å². The summed E-state index contributed by atoms with van der Waals surface area (Å²) in [6.45, 7) is 4.56. The molecule has 0 bridgehead atoms. The molecule has 6 nitrogen and oxygen atoms in total. The predicted molar refractivity (Wildman–Crippen MR) is 124 cm³/mol. The highest BCUT2D eigenvalue weighted by Crippen LogP contribution is 2.22. The van der Waals surface area contributed by atoms with Crippen molar-refractivity contribution in [2.24, 2.45) is 0 Å². The quantitative estimate of drug-likeness (QED) is 0.323. The fourth-order valence-electron chi connectivity index (χ4n) is 3.37. The Morgan fingerprint density at radius 2 is 1.69 bits per heavy atom. The zero-order valence-corrected chi connectivity index (χ0v) is 18.8. The summed E-state index contributed by atoms with van der Waals surface area (Å²) < 4.78 is 7.15. The maximum absolute atomic E-state index is 12.8. The number of ketones is 1. The maximum Gasteiger partial charge on any atom is 0.355 e. The highest BCUT2D eigenvalue weighted by molar-refractivity contribution is 6.30. The molecular weight excluding hydrogens is 428 g/mol. The van der Waals surface area contributed by atoms with Gasteiger partial charge in [0.15, 0.2) is 6.61 Å². The van der Waals surface area contributed by atoms with Gasteiger partial charge in [-0.3, -0.25) is 9.59 Å². The average molecular weight is 451 g/mol. The number of esters is 1. The first-order valence-corrected chi connectivity index (χ1v) is 10.3. The van der Waals surface area contributed by atoms with Gasteiger partial charge in [-0.25, -0.2) is 4.79 Å². The van der Waals surface area contributed by atoms with Gasteiger partial charge in [0.05, 0.1) is 0 Å². The number of hydrogen-bond acceptors (Lipinski definition) is 4. The molecule has 0 atom stereocenters. The summed E-state index contributed by atoms with van der Waals surface area (Å²) in [6, 6.07) is 18.1. The minimum atomic E-state index is -0.788. The molecule has 1 N–H and O–H groups in total. The number of carbonyl (C=O) groups is 3. The van der Waals surface area contributed by atoms with Crippen LogP contribution in [0.5, 0.6) is 0 Å². The molecule has 0 saturated carbocycles. The highest BCUT2D eigenvalue weighted by atomic mass is 35.5. The van der Waals surface area contributed by atoms with Gasteiger partial charge in [-0.1, -0.05) is 41.9 Å². The second kappa shape index (κ2) is 10.1. The molecule has 0 aliphatic carbocycles. The van der Waals surface area contributed by atoms with E-state index in [1.165, 1.54) is 13.0 Å². The predicted octanol–water partition coefficient (Wildman–Crippen LogP) is 4.65. The third-order valence-corrected chi connectivity index (χ3v) is 5.04. The standard InChI is InChI=1S/C25H23ClN2O4/c1-16-13-22(17(2)28(16)21-11-9-20(26)10-12-21)24(30)15-32-25(31)23(27-18(3)29)14-19-7-5-4-6-8-19/h4-14H,15H2,1-3H3,(H,27,29)/b23-14+. The van der Waals surface area contributed by atoms with E-state index in [2.05, 4.69) is 5.32 Å². The summed E-state index contributed by atoms with van der Waals surface area (Å²) in [6.07, 6.45) is 1.50. The molecule has 0 aliphatic heterocycles. The topological polar surface area (TPSA) is 77.4 Å². The number of aromatic nitrogens is 1. The maximum atomic E-state index is 12.8. The molecule has 32 heavy (non-hydrogen) atoms. The SMILES string of the molecule is CC(=O)N/C(=C/c1ccccc1)C(=O)OCC(=O)c1cc(C)n(-c2ccc(Cl)cc2)c1C. The molecule has 2 aromatic carbocycles. The van der Waals surface area contributed by atoms with Crippen LogP contribution in [0.4, 0.5) is 0 Å². The molecule has 3 aromatic rings. The first-order valence-electron chi connectivity index (χ1n) is 9.96. The molecular formula is C25H23ClN2O4. The summed E-state index contributed by atoms with van der Waals surface area (Å²) in [4.78, 5) is 36.9. The van der Waals surface area contributed by atoms with Gasteiger partial charge in [0.1, 0.15) is 5.70 Å². The van der Waals surface area contributed by atoms with Crippen molar-refractivity contribution in [1.29, 1.82) is 0 Å². The number of nitrogens with one attached hydrogen (secondary N) is 1. The van der Waals surface area contributed by atoms with Crippen LogP contribution in [0.25, 0.3) is 11.8 Å². The molecule has 1 aromatic heterocycles. The largest absolute Gasteiger partial charge is 0.453 e. The Labute approximate surface area is 191 Å². The van der Waals surface area contributed by atoms with Gasteiger partial charge in [0.2, 0.25) is 11.7 Å². The van der Waals surface area contributed by atoms with E-state index in [0.29, 0.717) is 16.1 Å². The van der Waals surface area contributed by atoms with E-state index in [0.717, 1.165) is 17.1 Å². The lowest BCUT2D eigenvalue weighted by Gasteiger charge is -2.11. The van der Waals surface area contributed by atoms with Gasteiger partial charge in [-0.15, -0.1) is 0 Å². The van der Waals surface area contributed by atoms with Crippen LogP contribution in [0.2, 0.25) is 5.02 Å². The molecule has 164 valence electrons. The van der Waals surface area contributed by atoms with Gasteiger partial charge in [-0.05, 0) is 55.8 Å². The van der Waals surface area contributed by atoms with Crippen LogP contribution in [0.1, 0.15) is 34.2 Å². The highest BCUT2D eigenvalue weighted by Gasteiger charge is 2.20. The Balaban J connectivity index is 1.76. The first-order chi connectivity index (χ1) is 15.3. The molecule has 7 heteroatoms. The number of carbonyl (C=O) groups excluding carboxylic acids is 3. The number of benzene rings is 2. The van der Waals surface area contributed by atoms with Crippen LogP contribution in [0.3, 0.4) is 0 Å². The van der Waals surface area contributed by atoms with Crippen LogP contribution >= 0.6 is 11.6 Å². The van der Waals surface area contributed by atoms with Gasteiger partial charge < -0.3 is 14.6 Å². The first kappa shape index (κ1) is 23.0. The van der Waals surface area contributed by atoms with Crippen molar-refractivity contribution >= 4 is 35.3 Å². The number of aryl methyl sites for hydroxylation is 1. The van der Waals surface area contributed by atoms with E-state index < -0.39 is 18.5 Å². The Morgan fingerprint density at radius 3 is 2.31 bits per heavy atom. The van der Waals surface area contributed by atoms with E-state index in [1.54, 1.807) is 30.3 Å². The van der Waals surface area contributed by atoms with Crippen molar-refractivity contribution in [2.45, 2.75) is 20.8 Å². The van der Waals surface area contributed by atoms with Crippen LogP contribution in [-0.4, -0.2) is 28.8 Å². The molecule has 0 fully saturated rings. The van der Waals surface area contributed by atoms with Crippen LogP contribution < -0.4 is 5.32 Å². The molecule has 1 heterocycles. The van der Waals surface area contributed by atoms with Crippen molar-refractivity contribution in [1.82, 2.24) is 9.88 Å². The van der Waals surface area contributed by atoms with Gasteiger partial charge in [0, 0.05) is 34.6 Å². The number of hydrogen-bond donors (Lipinski definition) is 1. The molecule has 0 spiro atoms. The second-order valence-electron chi connectivity index (χ2n) is 7.25. The molecule has 1 amide bonds. The van der Waals surface area contributed by atoms with Gasteiger partial charge in [0.25, 0.3) is 0 Å². The lowest BCUT2D eigenvalue weighted by atomic mass is 10.1. The number of ether oxygens (including phenoxy) is 1. The van der Waals surface area contributed by atoms with E-state index >= 15 is 0 Å². The summed E-state index contributed by atoms with van der Waals surface area (Å²) in [5.74, 6) is -1.54. The minimum Gasteiger partial charge on any atom is -0.453 e. The smallest absolute Gasteiger partial charge is 0.355 e. The third-order valence-electron chi connectivity index (χ3n) is 4.79. The Morgan fingerprint density at radius 1 is 1.03 bits per heavy atom. The summed E-state index contributed by atoms with van der Waals surface area (Å²) in [5, 5.41) is 3.09. The normalized spacial score (nSPS) is 11.2. The molecule has 0 saturated heterocycles. The van der Waals surface area contributed by atoms with Crippen molar-refractivity contribution in [3.63, 3.8) is 0 Å². The minimum absolute atomic E-state index is 0.0388. The molecule has 0 unspecified atom stereocenters. The lowest BCUT2D eigenvalue weighted by molar-refractivity contribution is -0.139. The lowest BCUT2D eigenvalue weighted by Crippen LogP contribution is -2.27. The van der Waals surface area contributed by atoms with Gasteiger partial charge in [-0.2, -0.15) is 0 Å². The summed E-state index contributed by atoms with van der Waals surface area (Å²) in [5.41, 5.74) is 3.60. The third kappa shape index (κ3) is 5.53. The molecule has 0 aliphatic rings.